The lowest BCUT2D eigenvalue weighted by Crippen LogP contribution is -2.42. The molecule has 0 aliphatic carbocycles. The minimum absolute atomic E-state index is 0. The number of nitrogens with two attached hydrogens (primary N) is 1. The molecule has 1 fully saturated rings. The van der Waals surface area contributed by atoms with Crippen LogP contribution in [0, 0.1) is 12.8 Å². The Morgan fingerprint density at radius 2 is 1.96 bits per heavy atom. The van der Waals surface area contributed by atoms with E-state index in [1.54, 1.807) is 23.1 Å². The van der Waals surface area contributed by atoms with Gasteiger partial charge in [-0.1, -0.05) is 11.6 Å². The molecule has 3 amide bonds. The normalized spacial score (nSPS) is 19.8. The van der Waals surface area contributed by atoms with Crippen LogP contribution in [0.4, 0.5) is 0 Å². The van der Waals surface area contributed by atoms with Crippen LogP contribution in [-0.2, 0) is 4.79 Å². The molecule has 0 radical (unpaired) electrons. The molecule has 1 atom stereocenters. The minimum Gasteiger partial charge on any atom is -0.341 e. The third-order valence-electron chi connectivity index (χ3n) is 4.39. The summed E-state index contributed by atoms with van der Waals surface area (Å²) in [6, 6.07) is 5.14. The molecule has 2 heterocycles. The number of carbonyl (C=O) groups excluding carboxylic acids is 3. The van der Waals surface area contributed by atoms with Crippen LogP contribution < -0.4 is 5.73 Å². The topological polar surface area (TPSA) is 83.7 Å². The van der Waals surface area contributed by atoms with Crippen LogP contribution >= 0.6 is 12.4 Å². The van der Waals surface area contributed by atoms with Gasteiger partial charge >= 0.3 is 0 Å². The number of rotatable bonds is 3. The molecule has 124 valence electrons. The average molecular weight is 338 g/mol. The van der Waals surface area contributed by atoms with Crippen LogP contribution in [0.3, 0.4) is 0 Å². The van der Waals surface area contributed by atoms with Gasteiger partial charge in [0.05, 0.1) is 11.1 Å². The zero-order chi connectivity index (χ0) is 15.9. The number of hydrogen-bond acceptors (Lipinski definition) is 4. The molecule has 0 saturated carbocycles. The SMILES string of the molecule is Cc1ccc2c(c1)C(=O)N(CC(=O)N1CCC(CN)C1)C2=O.Cl. The van der Waals surface area contributed by atoms with Crippen molar-refractivity contribution in [2.24, 2.45) is 11.7 Å². The molecule has 2 N–H and O–H groups in total. The van der Waals surface area contributed by atoms with E-state index in [2.05, 4.69) is 0 Å². The van der Waals surface area contributed by atoms with Crippen molar-refractivity contribution in [3.05, 3.63) is 34.9 Å². The molecule has 6 nitrogen and oxygen atoms in total. The number of nitrogens with zero attached hydrogens (tertiary/aromatic N) is 2. The number of benzene rings is 1. The molecule has 2 aliphatic rings. The van der Waals surface area contributed by atoms with Crippen molar-refractivity contribution >= 4 is 30.1 Å². The van der Waals surface area contributed by atoms with Crippen molar-refractivity contribution in [1.82, 2.24) is 9.80 Å². The maximum Gasteiger partial charge on any atom is 0.262 e. The Bertz CT molecular complexity index is 662. The van der Waals surface area contributed by atoms with E-state index in [9.17, 15) is 14.4 Å². The Morgan fingerprint density at radius 3 is 2.61 bits per heavy atom. The third kappa shape index (κ3) is 3.09. The van der Waals surface area contributed by atoms with Gasteiger partial charge < -0.3 is 10.6 Å². The van der Waals surface area contributed by atoms with Gasteiger partial charge in [-0.2, -0.15) is 0 Å². The Hall–Kier alpha value is -1.92. The van der Waals surface area contributed by atoms with Crippen LogP contribution in [-0.4, -0.2) is 53.7 Å². The highest BCUT2D eigenvalue weighted by Crippen LogP contribution is 2.24. The van der Waals surface area contributed by atoms with E-state index in [1.807, 2.05) is 6.92 Å². The van der Waals surface area contributed by atoms with Crippen LogP contribution in [0.1, 0.15) is 32.7 Å². The Morgan fingerprint density at radius 1 is 1.26 bits per heavy atom. The summed E-state index contributed by atoms with van der Waals surface area (Å²) in [5, 5.41) is 0. The van der Waals surface area contributed by atoms with Gasteiger partial charge in [0, 0.05) is 13.1 Å². The second-order valence-electron chi connectivity index (χ2n) is 5.98. The number of likely N-dealkylation sites (tertiary alicyclic amines) is 1. The van der Waals surface area contributed by atoms with Gasteiger partial charge in [0.1, 0.15) is 6.54 Å². The van der Waals surface area contributed by atoms with Crippen molar-refractivity contribution < 1.29 is 14.4 Å². The van der Waals surface area contributed by atoms with E-state index in [0.717, 1.165) is 16.9 Å². The summed E-state index contributed by atoms with van der Waals surface area (Å²) in [6.07, 6.45) is 0.879. The third-order valence-corrected chi connectivity index (χ3v) is 4.39. The molecule has 1 saturated heterocycles. The van der Waals surface area contributed by atoms with E-state index in [-0.39, 0.29) is 36.7 Å². The molecule has 23 heavy (non-hydrogen) atoms. The fourth-order valence-corrected chi connectivity index (χ4v) is 3.03. The second kappa shape index (κ2) is 6.68. The summed E-state index contributed by atoms with van der Waals surface area (Å²) in [5.74, 6) is -0.648. The van der Waals surface area contributed by atoms with Gasteiger partial charge in [-0.15, -0.1) is 12.4 Å². The highest BCUT2D eigenvalue weighted by atomic mass is 35.5. The number of amides is 3. The monoisotopic (exact) mass is 337 g/mol. The van der Waals surface area contributed by atoms with Crippen molar-refractivity contribution in [3.8, 4) is 0 Å². The molecule has 0 bridgehead atoms. The van der Waals surface area contributed by atoms with Crippen LogP contribution in [0.2, 0.25) is 0 Å². The molecule has 0 aromatic heterocycles. The Balaban J connectivity index is 0.00000192. The van der Waals surface area contributed by atoms with E-state index in [4.69, 9.17) is 5.73 Å². The van der Waals surface area contributed by atoms with Crippen LogP contribution in [0.5, 0.6) is 0 Å². The van der Waals surface area contributed by atoms with Crippen LogP contribution in [0.25, 0.3) is 0 Å². The molecule has 2 aliphatic heterocycles. The molecular weight excluding hydrogens is 318 g/mol. The lowest BCUT2D eigenvalue weighted by Gasteiger charge is -2.20. The summed E-state index contributed by atoms with van der Waals surface area (Å²) in [7, 11) is 0. The number of imide groups is 1. The number of aryl methyl sites for hydroxylation is 1. The molecule has 7 heteroatoms. The first-order valence-electron chi connectivity index (χ1n) is 7.46. The van der Waals surface area contributed by atoms with Gasteiger partial charge in [0.25, 0.3) is 11.8 Å². The van der Waals surface area contributed by atoms with Gasteiger partial charge in [-0.05, 0) is 37.9 Å². The fourth-order valence-electron chi connectivity index (χ4n) is 3.03. The largest absolute Gasteiger partial charge is 0.341 e. The zero-order valence-electron chi connectivity index (χ0n) is 12.9. The lowest BCUT2D eigenvalue weighted by molar-refractivity contribution is -0.130. The predicted octanol–water partition coefficient (Wildman–Crippen LogP) is 0.820. The Kier molecular flexibility index (Phi) is 5.06. The fraction of sp³-hybridized carbons (Fsp3) is 0.438. The van der Waals surface area contributed by atoms with E-state index < -0.39 is 0 Å². The maximum atomic E-state index is 12.3. The zero-order valence-corrected chi connectivity index (χ0v) is 13.8. The van der Waals surface area contributed by atoms with Crippen molar-refractivity contribution in [3.63, 3.8) is 0 Å². The standard InChI is InChI=1S/C16H19N3O3.ClH/c1-10-2-3-12-13(6-10)16(22)19(15(12)21)9-14(20)18-5-4-11(7-17)8-18;/h2-3,6,11H,4-5,7-9,17H2,1H3;1H. The van der Waals surface area contributed by atoms with Crippen molar-refractivity contribution in [2.75, 3.05) is 26.2 Å². The minimum atomic E-state index is -0.386. The number of hydrogen-bond donors (Lipinski definition) is 1. The Labute approximate surface area is 141 Å². The van der Waals surface area contributed by atoms with Gasteiger partial charge in [0.2, 0.25) is 5.91 Å². The second-order valence-corrected chi connectivity index (χ2v) is 5.98. The molecule has 1 aromatic rings. The average Bonchev–Trinajstić information content (AvgIpc) is 3.07. The molecule has 1 aromatic carbocycles. The van der Waals surface area contributed by atoms with Crippen molar-refractivity contribution in [2.45, 2.75) is 13.3 Å². The summed E-state index contributed by atoms with van der Waals surface area (Å²) in [6.45, 7) is 3.47. The summed E-state index contributed by atoms with van der Waals surface area (Å²) in [4.78, 5) is 39.7. The van der Waals surface area contributed by atoms with Crippen molar-refractivity contribution in [1.29, 1.82) is 0 Å². The molecule has 0 spiro atoms. The predicted molar refractivity (Wildman–Crippen MR) is 87.5 cm³/mol. The lowest BCUT2D eigenvalue weighted by atomic mass is 10.1. The first kappa shape index (κ1) is 17.4. The number of carbonyl (C=O) groups is 3. The number of halogens is 1. The van der Waals surface area contributed by atoms with E-state index in [1.165, 1.54) is 0 Å². The smallest absolute Gasteiger partial charge is 0.262 e. The van der Waals surface area contributed by atoms with E-state index >= 15 is 0 Å². The van der Waals surface area contributed by atoms with Gasteiger partial charge in [0.15, 0.2) is 0 Å². The van der Waals surface area contributed by atoms with E-state index in [0.29, 0.717) is 36.7 Å². The van der Waals surface area contributed by atoms with Gasteiger partial charge in [-0.3, -0.25) is 19.3 Å². The maximum absolute atomic E-state index is 12.3. The number of fused-ring (bicyclic) bond motifs is 1. The molecular formula is C16H20ClN3O3. The quantitative estimate of drug-likeness (QED) is 0.828. The summed E-state index contributed by atoms with van der Waals surface area (Å²) in [5.41, 5.74) is 7.30. The van der Waals surface area contributed by atoms with Gasteiger partial charge in [-0.25, -0.2) is 0 Å². The summed E-state index contributed by atoms with van der Waals surface area (Å²) >= 11 is 0. The first-order valence-corrected chi connectivity index (χ1v) is 7.46. The summed E-state index contributed by atoms with van der Waals surface area (Å²) < 4.78 is 0. The van der Waals surface area contributed by atoms with Crippen LogP contribution in [0.15, 0.2) is 18.2 Å². The highest BCUT2D eigenvalue weighted by Gasteiger charge is 2.38. The highest BCUT2D eigenvalue weighted by molar-refractivity contribution is 6.22. The molecule has 1 unspecified atom stereocenters. The molecule has 3 rings (SSSR count). The first-order chi connectivity index (χ1) is 10.5.